The molecule has 1 heterocycles. The second kappa shape index (κ2) is 4.07. The molecule has 4 nitrogen and oxygen atoms in total. The van der Waals surface area contributed by atoms with Crippen molar-refractivity contribution in [1.29, 1.82) is 0 Å². The molecule has 0 spiro atoms. The highest BCUT2D eigenvalue weighted by atomic mass is 16.2. The Morgan fingerprint density at radius 3 is 2.69 bits per heavy atom. The first-order chi connectivity index (χ1) is 6.16. The minimum atomic E-state index is -0.431. The van der Waals surface area contributed by atoms with Crippen molar-refractivity contribution in [1.82, 2.24) is 4.90 Å². The Hall–Kier alpha value is -1.32. The molecule has 0 radical (unpaired) electrons. The van der Waals surface area contributed by atoms with Gasteiger partial charge in [-0.25, -0.2) is 0 Å². The van der Waals surface area contributed by atoms with Crippen LogP contribution in [-0.2, 0) is 9.59 Å². The molecule has 4 heteroatoms. The van der Waals surface area contributed by atoms with Gasteiger partial charge in [0, 0.05) is 6.54 Å². The summed E-state index contributed by atoms with van der Waals surface area (Å²) in [5.41, 5.74) is 5.18. The van der Waals surface area contributed by atoms with E-state index in [9.17, 15) is 9.59 Å². The molecular weight excluding hydrogens is 168 g/mol. The van der Waals surface area contributed by atoms with Gasteiger partial charge in [0.2, 0.25) is 11.8 Å². The number of piperidine rings is 1. The lowest BCUT2D eigenvalue weighted by atomic mass is 10.0. The molecule has 1 aliphatic rings. The highest BCUT2D eigenvalue weighted by Gasteiger charge is 2.28. The zero-order valence-corrected chi connectivity index (χ0v) is 7.53. The van der Waals surface area contributed by atoms with Crippen LogP contribution in [0.15, 0.2) is 12.7 Å². The van der Waals surface area contributed by atoms with Gasteiger partial charge in [-0.05, 0) is 25.3 Å². The molecule has 0 aromatic heterocycles. The number of nitrogens with two attached hydrogens (primary N) is 1. The lowest BCUT2D eigenvalue weighted by Gasteiger charge is -2.32. The molecule has 0 unspecified atom stereocenters. The van der Waals surface area contributed by atoms with Gasteiger partial charge in [0.05, 0.1) is 0 Å². The molecule has 2 N–H and O–H groups in total. The van der Waals surface area contributed by atoms with E-state index in [1.807, 2.05) is 0 Å². The largest absolute Gasteiger partial charge is 0.368 e. The zero-order valence-electron chi connectivity index (χ0n) is 7.53. The molecule has 1 atom stereocenters. The third kappa shape index (κ3) is 2.08. The van der Waals surface area contributed by atoms with Gasteiger partial charge in [0.1, 0.15) is 6.04 Å². The minimum Gasteiger partial charge on any atom is -0.368 e. The number of nitrogens with zero attached hydrogens (tertiary/aromatic N) is 1. The van der Waals surface area contributed by atoms with Crippen molar-refractivity contribution in [2.45, 2.75) is 25.3 Å². The lowest BCUT2D eigenvalue weighted by Crippen LogP contribution is -2.49. The average Bonchev–Trinajstić information content (AvgIpc) is 2.16. The lowest BCUT2D eigenvalue weighted by molar-refractivity contribution is -0.137. The smallest absolute Gasteiger partial charge is 0.246 e. The number of carbonyl (C=O) groups excluding carboxylic acids is 2. The van der Waals surface area contributed by atoms with Crippen molar-refractivity contribution in [3.63, 3.8) is 0 Å². The molecule has 2 amide bonds. The molecule has 1 rings (SSSR count). The summed E-state index contributed by atoms with van der Waals surface area (Å²) in [7, 11) is 0. The van der Waals surface area contributed by atoms with E-state index in [0.29, 0.717) is 13.0 Å². The summed E-state index contributed by atoms with van der Waals surface area (Å²) in [4.78, 5) is 23.8. The monoisotopic (exact) mass is 182 g/mol. The Kier molecular flexibility index (Phi) is 3.06. The highest BCUT2D eigenvalue weighted by molar-refractivity contribution is 5.92. The van der Waals surface area contributed by atoms with Gasteiger partial charge < -0.3 is 10.6 Å². The van der Waals surface area contributed by atoms with Crippen LogP contribution in [0.1, 0.15) is 19.3 Å². The molecule has 1 saturated heterocycles. The van der Waals surface area contributed by atoms with E-state index >= 15 is 0 Å². The first-order valence-electron chi connectivity index (χ1n) is 4.39. The molecule has 0 aromatic rings. The molecule has 72 valence electrons. The summed E-state index contributed by atoms with van der Waals surface area (Å²) in [6.07, 6.45) is 3.79. The summed E-state index contributed by atoms with van der Waals surface area (Å²) in [5.74, 6) is -0.626. The van der Waals surface area contributed by atoms with Gasteiger partial charge in [-0.15, -0.1) is 0 Å². The van der Waals surface area contributed by atoms with Crippen LogP contribution in [0.4, 0.5) is 0 Å². The van der Waals surface area contributed by atoms with Crippen molar-refractivity contribution in [3.8, 4) is 0 Å². The molecule has 1 aliphatic heterocycles. The van der Waals surface area contributed by atoms with E-state index in [-0.39, 0.29) is 5.91 Å². The van der Waals surface area contributed by atoms with Gasteiger partial charge in [-0.2, -0.15) is 0 Å². The fourth-order valence-corrected chi connectivity index (χ4v) is 1.61. The van der Waals surface area contributed by atoms with Crippen LogP contribution in [0.5, 0.6) is 0 Å². The standard InChI is InChI=1S/C9H14N2O2/c1-2-8(12)11-6-4-3-5-7(11)9(10)13/h2,7H,1,3-6H2,(H2,10,13)/t7-/m1/s1. The molecule has 1 fully saturated rings. The Morgan fingerprint density at radius 1 is 1.46 bits per heavy atom. The maximum absolute atomic E-state index is 11.3. The molecule has 13 heavy (non-hydrogen) atoms. The van der Waals surface area contributed by atoms with E-state index in [1.165, 1.54) is 11.0 Å². The van der Waals surface area contributed by atoms with E-state index in [4.69, 9.17) is 5.73 Å². The highest BCUT2D eigenvalue weighted by Crippen LogP contribution is 2.16. The number of rotatable bonds is 2. The van der Waals surface area contributed by atoms with Crippen molar-refractivity contribution < 1.29 is 9.59 Å². The van der Waals surface area contributed by atoms with Gasteiger partial charge in [-0.1, -0.05) is 6.58 Å². The minimum absolute atomic E-state index is 0.205. The van der Waals surface area contributed by atoms with Crippen LogP contribution in [0.2, 0.25) is 0 Å². The van der Waals surface area contributed by atoms with E-state index < -0.39 is 11.9 Å². The average molecular weight is 182 g/mol. The van der Waals surface area contributed by atoms with E-state index in [2.05, 4.69) is 6.58 Å². The normalized spacial score (nSPS) is 22.5. The fourth-order valence-electron chi connectivity index (χ4n) is 1.61. The quantitative estimate of drug-likeness (QED) is 0.613. The number of primary amides is 1. The summed E-state index contributed by atoms with van der Waals surface area (Å²) < 4.78 is 0. The van der Waals surface area contributed by atoms with Crippen molar-refractivity contribution in [3.05, 3.63) is 12.7 Å². The molecule has 0 aliphatic carbocycles. The number of carbonyl (C=O) groups is 2. The number of amides is 2. The molecule has 0 saturated carbocycles. The van der Waals surface area contributed by atoms with Gasteiger partial charge >= 0.3 is 0 Å². The van der Waals surface area contributed by atoms with Crippen LogP contribution < -0.4 is 5.73 Å². The Bertz CT molecular complexity index is 238. The number of hydrogen-bond acceptors (Lipinski definition) is 2. The van der Waals surface area contributed by atoms with Crippen LogP contribution in [0.3, 0.4) is 0 Å². The number of likely N-dealkylation sites (tertiary alicyclic amines) is 1. The predicted molar refractivity (Wildman–Crippen MR) is 48.7 cm³/mol. The molecule has 0 bridgehead atoms. The Balaban J connectivity index is 2.72. The topological polar surface area (TPSA) is 63.4 Å². The van der Waals surface area contributed by atoms with Gasteiger partial charge in [0.15, 0.2) is 0 Å². The van der Waals surface area contributed by atoms with E-state index in [1.54, 1.807) is 0 Å². The van der Waals surface area contributed by atoms with Crippen LogP contribution in [0.25, 0.3) is 0 Å². The van der Waals surface area contributed by atoms with Gasteiger partial charge in [0.25, 0.3) is 0 Å². The summed E-state index contributed by atoms with van der Waals surface area (Å²) in [6, 6.07) is -0.431. The fraction of sp³-hybridized carbons (Fsp3) is 0.556. The number of hydrogen-bond donors (Lipinski definition) is 1. The van der Waals surface area contributed by atoms with Crippen LogP contribution in [0, 0.1) is 0 Å². The molecular formula is C9H14N2O2. The Morgan fingerprint density at radius 2 is 2.15 bits per heavy atom. The summed E-state index contributed by atoms with van der Waals surface area (Å²) >= 11 is 0. The maximum atomic E-state index is 11.3. The van der Waals surface area contributed by atoms with Gasteiger partial charge in [-0.3, -0.25) is 9.59 Å². The van der Waals surface area contributed by atoms with Crippen molar-refractivity contribution in [2.75, 3.05) is 6.54 Å². The predicted octanol–water partition coefficient (Wildman–Crippen LogP) is 0.0388. The van der Waals surface area contributed by atoms with Crippen LogP contribution in [-0.4, -0.2) is 29.3 Å². The summed E-state index contributed by atoms with van der Waals surface area (Å²) in [6.45, 7) is 4.00. The molecule has 0 aromatic carbocycles. The maximum Gasteiger partial charge on any atom is 0.246 e. The first-order valence-corrected chi connectivity index (χ1v) is 4.39. The second-order valence-electron chi connectivity index (χ2n) is 3.15. The van der Waals surface area contributed by atoms with Crippen LogP contribution >= 0.6 is 0 Å². The second-order valence-corrected chi connectivity index (χ2v) is 3.15. The van der Waals surface area contributed by atoms with Crippen molar-refractivity contribution in [2.24, 2.45) is 5.73 Å². The van der Waals surface area contributed by atoms with Crippen molar-refractivity contribution >= 4 is 11.8 Å². The summed E-state index contributed by atoms with van der Waals surface area (Å²) in [5, 5.41) is 0. The Labute approximate surface area is 77.4 Å². The van der Waals surface area contributed by atoms with E-state index in [0.717, 1.165) is 12.8 Å². The first kappa shape index (κ1) is 9.77. The zero-order chi connectivity index (χ0) is 9.84. The third-order valence-electron chi connectivity index (χ3n) is 2.29. The third-order valence-corrected chi connectivity index (χ3v) is 2.29. The SMILES string of the molecule is C=CC(=O)N1CCCC[C@@H]1C(N)=O.